The molecule has 0 atom stereocenters. The number of nitro benzene ring substituents is 1. The Balaban J connectivity index is 2.46. The molecule has 8 nitrogen and oxygen atoms in total. The lowest BCUT2D eigenvalue weighted by Crippen LogP contribution is -2.02. The predicted molar refractivity (Wildman–Crippen MR) is 76.2 cm³/mol. The summed E-state index contributed by atoms with van der Waals surface area (Å²) >= 11 is 1.01. The number of rotatable bonds is 5. The van der Waals surface area contributed by atoms with Crippen LogP contribution in [0.1, 0.15) is 5.56 Å². The topological polar surface area (TPSA) is 111 Å². The number of carboxylic acids is 1. The second-order valence-corrected chi connectivity index (χ2v) is 5.22. The number of carbonyl (C=O) groups is 1. The molecule has 110 valence electrons. The minimum atomic E-state index is -0.967. The van der Waals surface area contributed by atoms with Gasteiger partial charge in [0.15, 0.2) is 11.0 Å². The summed E-state index contributed by atoms with van der Waals surface area (Å²) in [7, 11) is 1.64. The highest BCUT2D eigenvalue weighted by Gasteiger charge is 2.23. The Labute approximate surface area is 124 Å². The van der Waals surface area contributed by atoms with E-state index in [-0.39, 0.29) is 11.4 Å². The monoisotopic (exact) mass is 308 g/mol. The van der Waals surface area contributed by atoms with Crippen molar-refractivity contribution in [3.63, 3.8) is 0 Å². The molecule has 1 heterocycles. The smallest absolute Gasteiger partial charge is 0.313 e. The first-order valence-electron chi connectivity index (χ1n) is 5.90. The fourth-order valence-electron chi connectivity index (χ4n) is 1.88. The number of thioether (sulfide) groups is 1. The van der Waals surface area contributed by atoms with E-state index in [0.29, 0.717) is 22.1 Å². The SMILES string of the molecule is Cc1cccc(-c2nnc(SCC(=O)O)n2C)c1[N+](=O)[O-]. The van der Waals surface area contributed by atoms with E-state index in [1.165, 1.54) is 0 Å². The van der Waals surface area contributed by atoms with Gasteiger partial charge in [-0.15, -0.1) is 10.2 Å². The van der Waals surface area contributed by atoms with Crippen LogP contribution in [-0.2, 0) is 11.8 Å². The number of nitrogens with zero attached hydrogens (tertiary/aromatic N) is 4. The molecule has 21 heavy (non-hydrogen) atoms. The van der Waals surface area contributed by atoms with Gasteiger partial charge in [0, 0.05) is 12.6 Å². The third-order valence-electron chi connectivity index (χ3n) is 2.82. The number of aryl methyl sites for hydroxylation is 1. The van der Waals surface area contributed by atoms with Crippen molar-refractivity contribution < 1.29 is 14.8 Å². The van der Waals surface area contributed by atoms with Crippen LogP contribution >= 0.6 is 11.8 Å². The molecule has 1 aromatic heterocycles. The van der Waals surface area contributed by atoms with E-state index in [2.05, 4.69) is 10.2 Å². The maximum Gasteiger partial charge on any atom is 0.313 e. The molecule has 0 saturated carbocycles. The van der Waals surface area contributed by atoms with Gasteiger partial charge in [0.2, 0.25) is 0 Å². The Bertz CT molecular complexity index is 713. The van der Waals surface area contributed by atoms with Gasteiger partial charge in [-0.1, -0.05) is 23.9 Å². The molecule has 0 aliphatic carbocycles. The molecular formula is C12H12N4O4S. The van der Waals surface area contributed by atoms with E-state index in [1.807, 2.05) is 0 Å². The quantitative estimate of drug-likeness (QED) is 0.510. The Kier molecular flexibility index (Phi) is 4.22. The van der Waals surface area contributed by atoms with Crippen LogP contribution in [-0.4, -0.2) is 36.5 Å². The lowest BCUT2D eigenvalue weighted by Gasteiger charge is -2.05. The number of benzene rings is 1. The van der Waals surface area contributed by atoms with Crippen LogP contribution in [0.5, 0.6) is 0 Å². The first kappa shape index (κ1) is 15.0. The maximum atomic E-state index is 11.2. The van der Waals surface area contributed by atoms with Crippen molar-refractivity contribution in [2.45, 2.75) is 12.1 Å². The first-order valence-corrected chi connectivity index (χ1v) is 6.88. The largest absolute Gasteiger partial charge is 0.481 e. The van der Waals surface area contributed by atoms with E-state index in [0.717, 1.165) is 11.8 Å². The van der Waals surface area contributed by atoms with Gasteiger partial charge in [-0.3, -0.25) is 14.9 Å². The first-order chi connectivity index (χ1) is 9.91. The van der Waals surface area contributed by atoms with Gasteiger partial charge in [-0.25, -0.2) is 0 Å². The zero-order valence-electron chi connectivity index (χ0n) is 11.3. The van der Waals surface area contributed by atoms with Crippen molar-refractivity contribution in [1.82, 2.24) is 14.8 Å². The van der Waals surface area contributed by atoms with Gasteiger partial charge in [0.25, 0.3) is 5.69 Å². The number of hydrogen-bond acceptors (Lipinski definition) is 6. The maximum absolute atomic E-state index is 11.2. The minimum Gasteiger partial charge on any atom is -0.481 e. The fraction of sp³-hybridized carbons (Fsp3) is 0.250. The molecule has 1 N–H and O–H groups in total. The molecule has 0 saturated heterocycles. The van der Waals surface area contributed by atoms with Crippen molar-refractivity contribution >= 4 is 23.4 Å². The summed E-state index contributed by atoms with van der Waals surface area (Å²) in [6.45, 7) is 1.65. The molecule has 0 amide bonds. The van der Waals surface area contributed by atoms with Gasteiger partial charge < -0.3 is 9.67 Å². The Morgan fingerprint density at radius 3 is 2.81 bits per heavy atom. The third-order valence-corrected chi connectivity index (χ3v) is 3.83. The van der Waals surface area contributed by atoms with Crippen LogP contribution in [0.2, 0.25) is 0 Å². The highest BCUT2D eigenvalue weighted by molar-refractivity contribution is 7.99. The second-order valence-electron chi connectivity index (χ2n) is 4.28. The van der Waals surface area contributed by atoms with Crippen molar-refractivity contribution in [3.8, 4) is 11.4 Å². The number of para-hydroxylation sites is 1. The van der Waals surface area contributed by atoms with Gasteiger partial charge in [0.05, 0.1) is 16.2 Å². The molecule has 1 aromatic carbocycles. The molecule has 0 fully saturated rings. The van der Waals surface area contributed by atoms with Crippen LogP contribution in [0.25, 0.3) is 11.4 Å². The van der Waals surface area contributed by atoms with Gasteiger partial charge in [0.1, 0.15) is 0 Å². The van der Waals surface area contributed by atoms with Crippen LogP contribution in [0, 0.1) is 17.0 Å². The minimum absolute atomic E-state index is 0.0252. The number of aromatic nitrogens is 3. The summed E-state index contributed by atoms with van der Waals surface area (Å²) < 4.78 is 1.55. The zero-order chi connectivity index (χ0) is 15.6. The van der Waals surface area contributed by atoms with E-state index >= 15 is 0 Å². The average Bonchev–Trinajstić information content (AvgIpc) is 2.76. The molecule has 0 spiro atoms. The van der Waals surface area contributed by atoms with Crippen LogP contribution in [0.4, 0.5) is 5.69 Å². The predicted octanol–water partition coefficient (Wildman–Crippen LogP) is 1.88. The van der Waals surface area contributed by atoms with Gasteiger partial charge >= 0.3 is 5.97 Å². The summed E-state index contributed by atoms with van der Waals surface area (Å²) in [5.41, 5.74) is 0.861. The molecule has 2 aromatic rings. The van der Waals surface area contributed by atoms with Crippen LogP contribution in [0.3, 0.4) is 0 Å². The Hall–Kier alpha value is -2.42. The molecular weight excluding hydrogens is 296 g/mol. The zero-order valence-corrected chi connectivity index (χ0v) is 12.1. The van der Waals surface area contributed by atoms with Crippen molar-refractivity contribution in [1.29, 1.82) is 0 Å². The summed E-state index contributed by atoms with van der Waals surface area (Å²) in [5.74, 6) is -0.786. The molecule has 0 aliphatic rings. The summed E-state index contributed by atoms with van der Waals surface area (Å²) in [6.07, 6.45) is 0. The molecule has 9 heteroatoms. The number of nitro groups is 1. The highest BCUT2D eigenvalue weighted by Crippen LogP contribution is 2.32. The highest BCUT2D eigenvalue weighted by atomic mass is 32.2. The summed E-state index contributed by atoms with van der Waals surface area (Å²) in [4.78, 5) is 21.3. The Morgan fingerprint density at radius 2 is 2.19 bits per heavy atom. The van der Waals surface area contributed by atoms with E-state index < -0.39 is 10.9 Å². The number of carboxylic acid groups (broad SMARTS) is 1. The molecule has 0 bridgehead atoms. The Morgan fingerprint density at radius 1 is 1.48 bits per heavy atom. The standard InChI is InChI=1S/C12H12N4O4S/c1-7-4-3-5-8(10(7)16(19)20)11-13-14-12(15(11)2)21-6-9(17)18/h3-5H,6H2,1-2H3,(H,17,18). The molecule has 0 aliphatic heterocycles. The lowest BCUT2D eigenvalue weighted by molar-refractivity contribution is -0.384. The van der Waals surface area contributed by atoms with E-state index in [1.54, 1.807) is 36.7 Å². The normalized spacial score (nSPS) is 10.6. The van der Waals surface area contributed by atoms with Crippen molar-refractivity contribution in [2.75, 3.05) is 5.75 Å². The molecule has 2 rings (SSSR count). The van der Waals surface area contributed by atoms with E-state index in [4.69, 9.17) is 5.11 Å². The van der Waals surface area contributed by atoms with Crippen LogP contribution < -0.4 is 0 Å². The lowest BCUT2D eigenvalue weighted by atomic mass is 10.1. The molecule has 0 radical (unpaired) electrons. The number of aliphatic carboxylic acids is 1. The van der Waals surface area contributed by atoms with Gasteiger partial charge in [-0.2, -0.15) is 0 Å². The molecule has 0 unspecified atom stereocenters. The summed E-state index contributed by atoms with van der Waals surface area (Å²) in [5, 5.41) is 28.1. The van der Waals surface area contributed by atoms with Crippen molar-refractivity contribution in [2.24, 2.45) is 7.05 Å². The fourth-order valence-corrected chi connectivity index (χ4v) is 2.51. The van der Waals surface area contributed by atoms with Gasteiger partial charge in [-0.05, 0) is 13.0 Å². The number of hydrogen-bond donors (Lipinski definition) is 1. The van der Waals surface area contributed by atoms with E-state index in [9.17, 15) is 14.9 Å². The van der Waals surface area contributed by atoms with Crippen molar-refractivity contribution in [3.05, 3.63) is 33.9 Å². The third kappa shape index (κ3) is 3.02. The average molecular weight is 308 g/mol. The van der Waals surface area contributed by atoms with Crippen LogP contribution in [0.15, 0.2) is 23.4 Å². The summed E-state index contributed by atoms with van der Waals surface area (Å²) in [6, 6.07) is 4.95. The second kappa shape index (κ2) is 5.92.